The molecule has 0 aliphatic carbocycles. The van der Waals surface area contributed by atoms with Gasteiger partial charge in [-0.25, -0.2) is 4.79 Å². The molecule has 0 aliphatic rings. The van der Waals surface area contributed by atoms with Gasteiger partial charge in [0.2, 0.25) is 5.43 Å². The average molecular weight is 239 g/mol. The molecule has 1 rings (SSSR count). The van der Waals surface area contributed by atoms with Crippen LogP contribution in [0, 0.1) is 0 Å². The van der Waals surface area contributed by atoms with Crippen LogP contribution in [0.4, 0.5) is 0 Å². The number of esters is 1. The number of pyridine rings is 1. The summed E-state index contributed by atoms with van der Waals surface area (Å²) in [4.78, 5) is 22.8. The van der Waals surface area contributed by atoms with Crippen molar-refractivity contribution in [2.75, 3.05) is 7.11 Å². The lowest BCUT2D eigenvalue weighted by molar-refractivity contribution is -0.0518. The molecule has 7 nitrogen and oxygen atoms in total. The Kier molecular flexibility index (Phi) is 4.30. The van der Waals surface area contributed by atoms with E-state index in [1.165, 1.54) is 6.20 Å². The van der Waals surface area contributed by atoms with E-state index in [9.17, 15) is 9.59 Å². The zero-order chi connectivity index (χ0) is 13.0. The quantitative estimate of drug-likeness (QED) is 0.373. The normalized spacial score (nSPS) is 10.4. The Bertz CT molecular complexity index is 469. The fourth-order valence-corrected chi connectivity index (χ4v) is 1.30. The molecule has 0 fully saturated rings. The van der Waals surface area contributed by atoms with Crippen molar-refractivity contribution in [3.63, 3.8) is 0 Å². The summed E-state index contributed by atoms with van der Waals surface area (Å²) in [6.07, 6.45) is -0.497. The summed E-state index contributed by atoms with van der Waals surface area (Å²) >= 11 is 0. The average Bonchev–Trinajstić information content (AvgIpc) is 2.29. The molecule has 1 aromatic heterocycles. The maximum Gasteiger partial charge on any atom is 0.374 e. The highest BCUT2D eigenvalue weighted by atomic mass is 16.5. The Morgan fingerprint density at radius 3 is 2.71 bits per heavy atom. The number of carbonyl (C=O) groups excluding carboxylic acids is 1. The summed E-state index contributed by atoms with van der Waals surface area (Å²) in [5.41, 5.74) is -0.896. The van der Waals surface area contributed by atoms with Crippen molar-refractivity contribution in [3.05, 3.63) is 28.2 Å². The molecule has 0 saturated heterocycles. The van der Waals surface area contributed by atoms with Crippen molar-refractivity contribution in [3.8, 4) is 5.75 Å². The minimum Gasteiger partial charge on any atom is -0.564 e. The third-order valence-electron chi connectivity index (χ3n) is 1.99. The van der Waals surface area contributed by atoms with Crippen LogP contribution in [-0.2, 0) is 11.3 Å². The maximum atomic E-state index is 11.5. The summed E-state index contributed by atoms with van der Waals surface area (Å²) in [6, 6.07) is 1.08. The molecule has 90 valence electrons. The molecular formula is C9H10BNO6. The molecule has 17 heavy (non-hydrogen) atoms. The van der Waals surface area contributed by atoms with Gasteiger partial charge in [-0.15, -0.1) is 0 Å². The summed E-state index contributed by atoms with van der Waals surface area (Å²) in [7, 11) is 6.01. The van der Waals surface area contributed by atoms with Crippen LogP contribution >= 0.6 is 0 Å². The molecule has 0 amide bonds. The molecule has 0 aromatic carbocycles. The number of carbonyl (C=O) groups is 1. The van der Waals surface area contributed by atoms with E-state index < -0.39 is 23.4 Å². The van der Waals surface area contributed by atoms with E-state index in [0.29, 0.717) is 0 Å². The van der Waals surface area contributed by atoms with Gasteiger partial charge in [0, 0.05) is 12.3 Å². The molecular weight excluding hydrogens is 229 g/mol. The van der Waals surface area contributed by atoms with Crippen molar-refractivity contribution in [1.29, 1.82) is 0 Å². The number of ether oxygens (including phenoxy) is 1. The topological polar surface area (TPSA) is 98.0 Å². The first-order valence-electron chi connectivity index (χ1n) is 4.56. The van der Waals surface area contributed by atoms with Crippen LogP contribution in [-0.4, -0.2) is 42.2 Å². The van der Waals surface area contributed by atoms with Gasteiger partial charge in [0.05, 0.1) is 13.7 Å². The second-order valence-electron chi connectivity index (χ2n) is 3.10. The van der Waals surface area contributed by atoms with Gasteiger partial charge in [-0.1, -0.05) is 0 Å². The minimum atomic E-state index is -1.70. The molecule has 0 spiro atoms. The van der Waals surface area contributed by atoms with Gasteiger partial charge in [-0.3, -0.25) is 4.79 Å². The monoisotopic (exact) mass is 239 g/mol. The number of methoxy groups -OCH3 is 1. The number of hydrogen-bond acceptors (Lipinski definition) is 6. The van der Waals surface area contributed by atoms with E-state index in [4.69, 9.17) is 18.3 Å². The Morgan fingerprint density at radius 2 is 2.24 bits per heavy atom. The SMILES string of the molecule is [B]Oc1c(C(=O)OC)n(CC(O)O)ccc1=O. The first-order chi connectivity index (χ1) is 8.01. The van der Waals surface area contributed by atoms with Gasteiger partial charge in [0.25, 0.3) is 0 Å². The van der Waals surface area contributed by atoms with E-state index in [1.54, 1.807) is 0 Å². The van der Waals surface area contributed by atoms with Crippen molar-refractivity contribution in [1.82, 2.24) is 4.57 Å². The number of rotatable bonds is 4. The van der Waals surface area contributed by atoms with Gasteiger partial charge in [0.15, 0.2) is 17.7 Å². The van der Waals surface area contributed by atoms with E-state index in [1.807, 2.05) is 0 Å². The number of aliphatic hydroxyl groups is 2. The lowest BCUT2D eigenvalue weighted by atomic mass is 10.2. The van der Waals surface area contributed by atoms with Gasteiger partial charge in [-0.2, -0.15) is 0 Å². The van der Waals surface area contributed by atoms with E-state index in [-0.39, 0.29) is 12.2 Å². The molecule has 1 aromatic rings. The number of aliphatic hydroxyl groups excluding tert-OH is 1. The third-order valence-corrected chi connectivity index (χ3v) is 1.99. The second-order valence-corrected chi connectivity index (χ2v) is 3.10. The Labute approximate surface area is 97.6 Å². The molecule has 0 bridgehead atoms. The summed E-state index contributed by atoms with van der Waals surface area (Å²) < 4.78 is 9.88. The summed E-state index contributed by atoms with van der Waals surface area (Å²) in [5, 5.41) is 17.7. The molecule has 0 aliphatic heterocycles. The van der Waals surface area contributed by atoms with Crippen LogP contribution in [0.15, 0.2) is 17.1 Å². The summed E-state index contributed by atoms with van der Waals surface area (Å²) in [6.45, 7) is -0.332. The van der Waals surface area contributed by atoms with Crippen LogP contribution < -0.4 is 10.1 Å². The van der Waals surface area contributed by atoms with E-state index in [0.717, 1.165) is 17.7 Å². The lowest BCUT2D eigenvalue weighted by Gasteiger charge is -2.15. The molecule has 0 unspecified atom stereocenters. The van der Waals surface area contributed by atoms with Gasteiger partial charge >= 0.3 is 14.0 Å². The molecule has 2 radical (unpaired) electrons. The van der Waals surface area contributed by atoms with Crippen molar-refractivity contribution >= 4 is 14.0 Å². The number of nitrogens with zero attached hydrogens (tertiary/aromatic N) is 1. The number of hydrogen-bond donors (Lipinski definition) is 2. The van der Waals surface area contributed by atoms with Crippen molar-refractivity contribution in [2.45, 2.75) is 12.8 Å². The highest BCUT2D eigenvalue weighted by molar-refractivity contribution is 6.01. The standard InChI is InChI=1S/C9H10BNO6/c1-16-9(15)7-8(17-10)5(12)2-3-11(7)4-6(13)14/h2-3,6,13-14H,4H2,1H3. The highest BCUT2D eigenvalue weighted by Crippen LogP contribution is 2.14. The van der Waals surface area contributed by atoms with Gasteiger partial charge in [-0.05, 0) is 0 Å². The van der Waals surface area contributed by atoms with Crippen LogP contribution in [0.1, 0.15) is 10.5 Å². The predicted octanol–water partition coefficient (Wildman–Crippen LogP) is -1.59. The van der Waals surface area contributed by atoms with Gasteiger partial charge < -0.3 is 24.2 Å². The maximum absolute atomic E-state index is 11.5. The van der Waals surface area contributed by atoms with Crippen LogP contribution in [0.2, 0.25) is 0 Å². The summed E-state index contributed by atoms with van der Waals surface area (Å²) in [5.74, 6) is -1.29. The Hall–Kier alpha value is -1.80. The Morgan fingerprint density at radius 1 is 1.59 bits per heavy atom. The molecule has 1 heterocycles. The zero-order valence-corrected chi connectivity index (χ0v) is 8.99. The van der Waals surface area contributed by atoms with Crippen LogP contribution in [0.5, 0.6) is 5.75 Å². The van der Waals surface area contributed by atoms with E-state index >= 15 is 0 Å². The fourth-order valence-electron chi connectivity index (χ4n) is 1.30. The van der Waals surface area contributed by atoms with Crippen LogP contribution in [0.25, 0.3) is 0 Å². The largest absolute Gasteiger partial charge is 0.564 e. The van der Waals surface area contributed by atoms with Crippen LogP contribution in [0.3, 0.4) is 0 Å². The number of aromatic nitrogens is 1. The lowest BCUT2D eigenvalue weighted by Crippen LogP contribution is -2.25. The van der Waals surface area contributed by atoms with Crippen molar-refractivity contribution in [2.24, 2.45) is 0 Å². The zero-order valence-electron chi connectivity index (χ0n) is 8.99. The first kappa shape index (κ1) is 13.3. The molecule has 8 heteroatoms. The minimum absolute atomic E-state index is 0.282. The molecule has 2 N–H and O–H groups in total. The smallest absolute Gasteiger partial charge is 0.374 e. The predicted molar refractivity (Wildman–Crippen MR) is 56.6 cm³/mol. The first-order valence-corrected chi connectivity index (χ1v) is 4.56. The van der Waals surface area contributed by atoms with Crippen molar-refractivity contribution < 1.29 is 24.4 Å². The molecule has 0 saturated carbocycles. The fraction of sp³-hybridized carbons (Fsp3) is 0.333. The highest BCUT2D eigenvalue weighted by Gasteiger charge is 2.20. The van der Waals surface area contributed by atoms with Gasteiger partial charge in [0.1, 0.15) is 0 Å². The Balaban J connectivity index is 3.39. The second kappa shape index (κ2) is 5.51. The molecule has 0 atom stereocenters. The third kappa shape index (κ3) is 2.86. The van der Waals surface area contributed by atoms with E-state index in [2.05, 4.69) is 9.39 Å².